The summed E-state index contributed by atoms with van der Waals surface area (Å²) < 4.78 is 0. The summed E-state index contributed by atoms with van der Waals surface area (Å²) in [6.07, 6.45) is 13.0. The smallest absolute Gasteiger partial charge is 0.230 e. The Hall–Kier alpha value is -2.05. The van der Waals surface area contributed by atoms with E-state index in [1.807, 2.05) is 12.1 Å². The minimum absolute atomic E-state index is 0.00378. The molecule has 5 nitrogen and oxygen atoms in total. The Bertz CT molecular complexity index is 901. The molecule has 3 fully saturated rings. The van der Waals surface area contributed by atoms with Gasteiger partial charge in [-0.2, -0.15) is 0 Å². The molecule has 35 heavy (non-hydrogen) atoms. The van der Waals surface area contributed by atoms with Crippen LogP contribution in [0.3, 0.4) is 0 Å². The molecule has 1 atom stereocenters. The topological polar surface area (TPSA) is 52.7 Å². The first-order valence-corrected chi connectivity index (χ1v) is 14.3. The molecule has 1 aliphatic carbocycles. The van der Waals surface area contributed by atoms with E-state index in [2.05, 4.69) is 35.5 Å². The molecule has 2 heterocycles. The number of rotatable bonds is 10. The molecule has 2 aliphatic heterocycles. The van der Waals surface area contributed by atoms with E-state index in [1.165, 1.54) is 88.2 Å². The molecule has 2 amide bonds. The Labute approximate surface area is 215 Å². The first-order valence-electron chi connectivity index (χ1n) is 13.4. The van der Waals surface area contributed by atoms with Crippen molar-refractivity contribution < 1.29 is 9.59 Å². The van der Waals surface area contributed by atoms with E-state index in [-0.39, 0.29) is 24.2 Å². The molecule has 190 valence electrons. The lowest BCUT2D eigenvalue weighted by atomic mass is 9.86. The predicted molar refractivity (Wildman–Crippen MR) is 146 cm³/mol. The van der Waals surface area contributed by atoms with Crippen molar-refractivity contribution in [3.63, 3.8) is 0 Å². The van der Waals surface area contributed by atoms with Crippen LogP contribution in [-0.4, -0.2) is 36.3 Å². The van der Waals surface area contributed by atoms with Crippen molar-refractivity contribution in [3.8, 4) is 0 Å². The summed E-state index contributed by atoms with van der Waals surface area (Å²) in [5.74, 6) is 0.339. The number of carbonyl (C=O) groups excluding carboxylic acids is 2. The summed E-state index contributed by atoms with van der Waals surface area (Å²) in [5.41, 5.74) is 2.14. The van der Waals surface area contributed by atoms with Gasteiger partial charge in [0.05, 0.1) is 10.9 Å². The van der Waals surface area contributed by atoms with E-state index in [9.17, 15) is 9.59 Å². The highest BCUT2D eigenvalue weighted by Gasteiger charge is 2.35. The Morgan fingerprint density at radius 3 is 2.40 bits per heavy atom. The van der Waals surface area contributed by atoms with E-state index in [1.54, 1.807) is 4.90 Å². The third kappa shape index (κ3) is 7.71. The normalized spacial score (nSPS) is 21.8. The zero-order chi connectivity index (χ0) is 24.6. The lowest BCUT2D eigenvalue weighted by molar-refractivity contribution is -0.125. The fraction of sp³-hybridized carbons (Fsp3) is 0.586. The van der Waals surface area contributed by atoms with Crippen LogP contribution in [0.4, 0.5) is 5.69 Å². The summed E-state index contributed by atoms with van der Waals surface area (Å²) in [4.78, 5) is 30.8. The molecule has 1 saturated carbocycles. The maximum atomic E-state index is 12.8. The first-order chi connectivity index (χ1) is 17.0. The Balaban J connectivity index is 1.21. The van der Waals surface area contributed by atoms with Gasteiger partial charge in [0.1, 0.15) is 0 Å². The van der Waals surface area contributed by atoms with Gasteiger partial charge in [0.15, 0.2) is 0 Å². The second-order valence-corrected chi connectivity index (χ2v) is 11.8. The Kier molecular flexibility index (Phi) is 9.50. The van der Waals surface area contributed by atoms with Gasteiger partial charge in [0.25, 0.3) is 0 Å². The second kappa shape index (κ2) is 12.8. The van der Waals surface area contributed by atoms with Crippen LogP contribution in [0.15, 0.2) is 47.4 Å². The monoisotopic (exact) mass is 495 g/mol. The van der Waals surface area contributed by atoms with Gasteiger partial charge < -0.3 is 10.2 Å². The number of benzene rings is 1. The van der Waals surface area contributed by atoms with Crippen LogP contribution in [0.1, 0.15) is 76.2 Å². The molecule has 6 heteroatoms. The molecule has 1 aromatic rings. The van der Waals surface area contributed by atoms with Crippen molar-refractivity contribution in [2.75, 3.05) is 24.5 Å². The number of piperidine rings is 1. The predicted octanol–water partition coefficient (Wildman–Crippen LogP) is 6.22. The quantitative estimate of drug-likeness (QED) is 0.419. The van der Waals surface area contributed by atoms with Crippen molar-refractivity contribution in [3.05, 3.63) is 52.9 Å². The molecular weight excluding hydrogens is 454 g/mol. The van der Waals surface area contributed by atoms with E-state index < -0.39 is 0 Å². The fourth-order valence-electron chi connectivity index (χ4n) is 5.62. The van der Waals surface area contributed by atoms with Crippen molar-refractivity contribution in [1.82, 2.24) is 10.2 Å². The zero-order valence-corrected chi connectivity index (χ0v) is 21.9. The van der Waals surface area contributed by atoms with Crippen LogP contribution >= 0.6 is 11.8 Å². The summed E-state index contributed by atoms with van der Waals surface area (Å²) in [6.45, 7) is 11.9. The number of anilines is 1. The van der Waals surface area contributed by atoms with Gasteiger partial charge in [-0.05, 0) is 67.3 Å². The third-order valence-electron chi connectivity index (χ3n) is 7.69. The molecule has 1 aromatic carbocycles. The van der Waals surface area contributed by atoms with Crippen molar-refractivity contribution >= 4 is 29.3 Å². The first kappa shape index (κ1) is 26.0. The van der Waals surface area contributed by atoms with Crippen molar-refractivity contribution in [1.29, 1.82) is 0 Å². The number of likely N-dealkylation sites (tertiary alicyclic amines) is 1. The number of amides is 2. The summed E-state index contributed by atoms with van der Waals surface area (Å²) in [6, 6.07) is 8.26. The van der Waals surface area contributed by atoms with Crippen LogP contribution in [0.25, 0.3) is 0 Å². The minimum Gasteiger partial charge on any atom is -0.321 e. The average Bonchev–Trinajstić information content (AvgIpc) is 3.26. The number of thioether (sulfide) groups is 1. The maximum absolute atomic E-state index is 12.8. The van der Waals surface area contributed by atoms with Crippen LogP contribution in [-0.2, 0) is 16.1 Å². The van der Waals surface area contributed by atoms with Gasteiger partial charge in [-0.25, -0.2) is 0 Å². The minimum atomic E-state index is -0.358. The van der Waals surface area contributed by atoms with E-state index >= 15 is 0 Å². The van der Waals surface area contributed by atoms with Gasteiger partial charge in [-0.3, -0.25) is 14.5 Å². The van der Waals surface area contributed by atoms with Gasteiger partial charge in [-0.1, -0.05) is 75.6 Å². The number of nitrogens with one attached hydrogen (secondary N) is 1. The summed E-state index contributed by atoms with van der Waals surface area (Å²) in [5, 5.41) is 3.53. The lowest BCUT2D eigenvalue weighted by Crippen LogP contribution is -2.31. The maximum Gasteiger partial charge on any atom is 0.230 e. The SMILES string of the molecule is C=C(CCC1CCCCC1)SC(=C)NC(=O)C1CC(=O)N(c2ccc(CN3CCCCC3)cc2)C1. The third-order valence-corrected chi connectivity index (χ3v) is 8.53. The molecule has 0 spiro atoms. The van der Waals surface area contributed by atoms with Crippen molar-refractivity contribution in [2.45, 2.75) is 77.2 Å². The largest absolute Gasteiger partial charge is 0.321 e. The number of carbonyl (C=O) groups is 2. The molecule has 1 unspecified atom stereocenters. The molecule has 0 bridgehead atoms. The Morgan fingerprint density at radius 1 is 1.00 bits per heavy atom. The number of hydrogen-bond acceptors (Lipinski definition) is 4. The highest BCUT2D eigenvalue weighted by molar-refractivity contribution is 8.06. The van der Waals surface area contributed by atoms with Gasteiger partial charge >= 0.3 is 0 Å². The van der Waals surface area contributed by atoms with Gasteiger partial charge in [-0.15, -0.1) is 0 Å². The molecule has 4 rings (SSSR count). The van der Waals surface area contributed by atoms with Gasteiger partial charge in [0.2, 0.25) is 11.8 Å². The fourth-order valence-corrected chi connectivity index (χ4v) is 6.34. The summed E-state index contributed by atoms with van der Waals surface area (Å²) in [7, 11) is 0. The second-order valence-electron chi connectivity index (χ2n) is 10.5. The average molecular weight is 496 g/mol. The van der Waals surface area contributed by atoms with E-state index in [4.69, 9.17) is 0 Å². The standard InChI is InChI=1S/C29H41N3O2S/c1-22(11-12-24-9-5-3-6-10-24)35-23(2)30-29(34)26-19-28(33)32(21-26)27-15-13-25(14-16-27)20-31-17-7-4-8-18-31/h13-16,24,26H,1-12,17-21H2,(H,30,34). The van der Waals surface area contributed by atoms with Crippen LogP contribution in [0.2, 0.25) is 0 Å². The number of allylic oxidation sites excluding steroid dienone is 1. The Morgan fingerprint density at radius 2 is 1.69 bits per heavy atom. The van der Waals surface area contributed by atoms with E-state index in [0.717, 1.165) is 29.5 Å². The lowest BCUT2D eigenvalue weighted by Gasteiger charge is -2.26. The van der Waals surface area contributed by atoms with E-state index in [0.29, 0.717) is 11.6 Å². The molecule has 1 N–H and O–H groups in total. The van der Waals surface area contributed by atoms with Crippen molar-refractivity contribution in [2.24, 2.45) is 11.8 Å². The molecule has 0 radical (unpaired) electrons. The molecule has 2 saturated heterocycles. The highest BCUT2D eigenvalue weighted by Crippen LogP contribution is 2.32. The van der Waals surface area contributed by atoms with Crippen LogP contribution < -0.4 is 10.2 Å². The van der Waals surface area contributed by atoms with Gasteiger partial charge in [0, 0.05) is 25.2 Å². The molecule has 3 aliphatic rings. The molecular formula is C29H41N3O2S. The van der Waals surface area contributed by atoms with Crippen LogP contribution in [0, 0.1) is 11.8 Å². The zero-order valence-electron chi connectivity index (χ0n) is 21.1. The number of hydrogen-bond donors (Lipinski definition) is 1. The highest BCUT2D eigenvalue weighted by atomic mass is 32.2. The summed E-state index contributed by atoms with van der Waals surface area (Å²) >= 11 is 1.47. The number of nitrogens with zero attached hydrogens (tertiary/aromatic N) is 2. The van der Waals surface area contributed by atoms with Crippen LogP contribution in [0.5, 0.6) is 0 Å². The molecule has 0 aromatic heterocycles.